The fourth-order valence-electron chi connectivity index (χ4n) is 4.84. The second kappa shape index (κ2) is 9.82. The summed E-state index contributed by atoms with van der Waals surface area (Å²) < 4.78 is 5.75. The maximum Gasteiger partial charge on any atom is 0.278 e. The van der Waals surface area contributed by atoms with Gasteiger partial charge in [-0.15, -0.1) is 0 Å². The van der Waals surface area contributed by atoms with Gasteiger partial charge in [-0.25, -0.2) is 0 Å². The third-order valence-electron chi connectivity index (χ3n) is 6.42. The quantitative estimate of drug-likeness (QED) is 0.567. The number of benzene rings is 2. The normalized spacial score (nSPS) is 17.6. The van der Waals surface area contributed by atoms with Crippen molar-refractivity contribution in [1.82, 2.24) is 9.80 Å². The largest absolute Gasteiger partial charge is 0.491 e. The molecule has 2 heterocycles. The van der Waals surface area contributed by atoms with Crippen molar-refractivity contribution < 1.29 is 14.3 Å². The maximum absolute atomic E-state index is 13.4. The molecule has 0 unspecified atom stereocenters. The van der Waals surface area contributed by atoms with Crippen molar-refractivity contribution in [2.24, 2.45) is 5.92 Å². The monoisotopic (exact) mass is 446 g/mol. The minimum atomic E-state index is -0.200. The van der Waals surface area contributed by atoms with Gasteiger partial charge in [0.25, 0.3) is 11.8 Å². The Kier molecular flexibility index (Phi) is 6.87. The van der Waals surface area contributed by atoms with E-state index in [1.165, 1.54) is 10.5 Å². The van der Waals surface area contributed by atoms with Crippen molar-refractivity contribution in [3.63, 3.8) is 0 Å². The standard InChI is InChI=1S/C28H34N2O3/c1-19(2)30-27(31)25(23-10-12-24(13-11-23)33-20(3)4)26(28(30)32)29-16-14-22(15-17-29)18-21-8-6-5-7-9-21/h5-13,19-20,22H,14-18H2,1-4H3. The van der Waals surface area contributed by atoms with Crippen LogP contribution in [0.25, 0.3) is 5.57 Å². The summed E-state index contributed by atoms with van der Waals surface area (Å²) in [6, 6.07) is 17.9. The number of nitrogens with zero attached hydrogens (tertiary/aromatic N) is 2. The molecule has 5 heteroatoms. The van der Waals surface area contributed by atoms with E-state index in [-0.39, 0.29) is 24.0 Å². The van der Waals surface area contributed by atoms with Crippen LogP contribution in [0.5, 0.6) is 5.75 Å². The number of carbonyl (C=O) groups is 2. The molecule has 2 amide bonds. The number of piperidine rings is 1. The molecule has 33 heavy (non-hydrogen) atoms. The lowest BCUT2D eigenvalue weighted by Gasteiger charge is -2.34. The van der Waals surface area contributed by atoms with Gasteiger partial charge in [-0.1, -0.05) is 42.5 Å². The minimum Gasteiger partial charge on any atom is -0.491 e. The van der Waals surface area contributed by atoms with Crippen LogP contribution in [0.1, 0.15) is 51.7 Å². The van der Waals surface area contributed by atoms with E-state index in [9.17, 15) is 9.59 Å². The molecule has 5 nitrogen and oxygen atoms in total. The summed E-state index contributed by atoms with van der Waals surface area (Å²) >= 11 is 0. The van der Waals surface area contributed by atoms with Crippen LogP contribution in [-0.4, -0.2) is 46.8 Å². The average Bonchev–Trinajstić information content (AvgIpc) is 3.05. The lowest BCUT2D eigenvalue weighted by molar-refractivity contribution is -0.139. The van der Waals surface area contributed by atoms with Crippen LogP contribution in [-0.2, 0) is 16.0 Å². The molecule has 2 aromatic rings. The van der Waals surface area contributed by atoms with Gasteiger partial charge in [0.2, 0.25) is 0 Å². The SMILES string of the molecule is CC(C)Oc1ccc(C2=C(N3CCC(Cc4ccccc4)CC3)C(=O)N(C(C)C)C2=O)cc1. The molecule has 2 aliphatic heterocycles. The number of carbonyl (C=O) groups excluding carboxylic acids is 2. The zero-order valence-corrected chi connectivity index (χ0v) is 20.1. The van der Waals surface area contributed by atoms with E-state index >= 15 is 0 Å². The third-order valence-corrected chi connectivity index (χ3v) is 6.42. The van der Waals surface area contributed by atoms with Crippen LogP contribution in [0.4, 0.5) is 0 Å². The Labute approximate surface area is 197 Å². The Morgan fingerprint density at radius 1 is 0.879 bits per heavy atom. The molecule has 2 aliphatic rings. The smallest absolute Gasteiger partial charge is 0.278 e. The summed E-state index contributed by atoms with van der Waals surface area (Å²) in [7, 11) is 0. The van der Waals surface area contributed by atoms with Crippen LogP contribution >= 0.6 is 0 Å². The predicted octanol–water partition coefficient (Wildman–Crippen LogP) is 4.92. The van der Waals surface area contributed by atoms with Gasteiger partial charge in [0, 0.05) is 19.1 Å². The van der Waals surface area contributed by atoms with Crippen molar-refractivity contribution >= 4 is 17.4 Å². The van der Waals surface area contributed by atoms with Crippen molar-refractivity contribution in [1.29, 1.82) is 0 Å². The molecule has 0 N–H and O–H groups in total. The van der Waals surface area contributed by atoms with Gasteiger partial charge < -0.3 is 9.64 Å². The summed E-state index contributed by atoms with van der Waals surface area (Å²) in [5.74, 6) is 0.978. The number of imide groups is 1. The van der Waals surface area contributed by atoms with E-state index in [0.29, 0.717) is 17.2 Å². The summed E-state index contributed by atoms with van der Waals surface area (Å²) in [5, 5.41) is 0. The minimum absolute atomic E-state index is 0.0777. The van der Waals surface area contributed by atoms with Crippen molar-refractivity contribution in [2.75, 3.05) is 13.1 Å². The van der Waals surface area contributed by atoms with Gasteiger partial charge in [-0.3, -0.25) is 14.5 Å². The summed E-state index contributed by atoms with van der Waals surface area (Å²) in [5.41, 5.74) is 3.21. The Bertz CT molecular complexity index is 1020. The van der Waals surface area contributed by atoms with E-state index in [1.807, 2.05) is 58.0 Å². The van der Waals surface area contributed by atoms with E-state index in [1.54, 1.807) is 0 Å². The fourth-order valence-corrected chi connectivity index (χ4v) is 4.84. The molecule has 0 atom stereocenters. The zero-order valence-electron chi connectivity index (χ0n) is 20.1. The lowest BCUT2D eigenvalue weighted by atomic mass is 9.89. The number of rotatable bonds is 7. The molecular formula is C28H34N2O3. The second-order valence-electron chi connectivity index (χ2n) is 9.61. The Balaban J connectivity index is 1.58. The first-order valence-electron chi connectivity index (χ1n) is 12.0. The topological polar surface area (TPSA) is 49.9 Å². The maximum atomic E-state index is 13.4. The first kappa shape index (κ1) is 23.1. The van der Waals surface area contributed by atoms with Gasteiger partial charge in [0.05, 0.1) is 11.7 Å². The summed E-state index contributed by atoms with van der Waals surface area (Å²) in [4.78, 5) is 30.3. The highest BCUT2D eigenvalue weighted by Crippen LogP contribution is 2.36. The number of ether oxygens (including phenoxy) is 1. The molecular weight excluding hydrogens is 412 g/mol. The summed E-state index contributed by atoms with van der Waals surface area (Å²) in [6.45, 7) is 9.32. The fraction of sp³-hybridized carbons (Fsp3) is 0.429. The van der Waals surface area contributed by atoms with Crippen molar-refractivity contribution in [3.05, 3.63) is 71.4 Å². The van der Waals surface area contributed by atoms with Gasteiger partial charge >= 0.3 is 0 Å². The van der Waals surface area contributed by atoms with Crippen molar-refractivity contribution in [2.45, 2.75) is 59.1 Å². The highest BCUT2D eigenvalue weighted by atomic mass is 16.5. The van der Waals surface area contributed by atoms with Crippen LogP contribution in [0.3, 0.4) is 0 Å². The van der Waals surface area contributed by atoms with E-state index in [0.717, 1.165) is 43.7 Å². The molecule has 0 bridgehead atoms. The van der Waals surface area contributed by atoms with Crippen LogP contribution in [0.2, 0.25) is 0 Å². The molecule has 0 aromatic heterocycles. The Hall–Kier alpha value is -3.08. The van der Waals surface area contributed by atoms with Gasteiger partial charge in [0.1, 0.15) is 11.4 Å². The first-order chi connectivity index (χ1) is 15.8. The van der Waals surface area contributed by atoms with E-state index in [2.05, 4.69) is 29.2 Å². The molecule has 0 spiro atoms. The Morgan fingerprint density at radius 2 is 1.52 bits per heavy atom. The number of hydrogen-bond acceptors (Lipinski definition) is 4. The highest BCUT2D eigenvalue weighted by Gasteiger charge is 2.43. The van der Waals surface area contributed by atoms with Crippen LogP contribution in [0.15, 0.2) is 60.3 Å². The molecule has 0 saturated carbocycles. The van der Waals surface area contributed by atoms with Crippen molar-refractivity contribution in [3.8, 4) is 5.75 Å². The van der Waals surface area contributed by atoms with Gasteiger partial charge in [-0.05, 0) is 76.1 Å². The van der Waals surface area contributed by atoms with E-state index in [4.69, 9.17) is 4.74 Å². The highest BCUT2D eigenvalue weighted by molar-refractivity contribution is 6.35. The second-order valence-corrected chi connectivity index (χ2v) is 9.61. The number of likely N-dealkylation sites (tertiary alicyclic amines) is 1. The van der Waals surface area contributed by atoms with Gasteiger partial charge in [-0.2, -0.15) is 0 Å². The predicted molar refractivity (Wildman–Crippen MR) is 131 cm³/mol. The molecule has 174 valence electrons. The molecule has 0 radical (unpaired) electrons. The third kappa shape index (κ3) is 4.97. The number of amides is 2. The first-order valence-corrected chi connectivity index (χ1v) is 12.0. The van der Waals surface area contributed by atoms with Gasteiger partial charge in [0.15, 0.2) is 0 Å². The van der Waals surface area contributed by atoms with Crippen LogP contribution < -0.4 is 4.74 Å². The molecule has 1 fully saturated rings. The van der Waals surface area contributed by atoms with E-state index < -0.39 is 0 Å². The Morgan fingerprint density at radius 3 is 2.09 bits per heavy atom. The number of hydrogen-bond donors (Lipinski definition) is 0. The summed E-state index contributed by atoms with van der Waals surface area (Å²) in [6.07, 6.45) is 3.16. The molecule has 4 rings (SSSR count). The molecule has 2 aromatic carbocycles. The molecule has 1 saturated heterocycles. The zero-order chi connectivity index (χ0) is 23.5. The average molecular weight is 447 g/mol. The molecule has 0 aliphatic carbocycles. The van der Waals surface area contributed by atoms with Crippen LogP contribution in [0, 0.1) is 5.92 Å². The lowest BCUT2D eigenvalue weighted by Crippen LogP contribution is -2.41.